The second-order valence-corrected chi connectivity index (χ2v) is 4.42. The zero-order valence-corrected chi connectivity index (χ0v) is 9.51. The van der Waals surface area contributed by atoms with Gasteiger partial charge in [0.2, 0.25) is 5.91 Å². The molecule has 0 saturated carbocycles. The Bertz CT molecular complexity index is 373. The van der Waals surface area contributed by atoms with E-state index in [0.29, 0.717) is 6.42 Å². The predicted molar refractivity (Wildman–Crippen MR) is 60.8 cm³/mol. The smallest absolute Gasteiger partial charge is 0.224 e. The fourth-order valence-electron chi connectivity index (χ4n) is 1.57. The van der Waals surface area contributed by atoms with Crippen molar-refractivity contribution >= 4 is 34.2 Å². The number of anilines is 1. The molecule has 2 nitrogen and oxygen atoms in total. The van der Waals surface area contributed by atoms with Gasteiger partial charge in [0.25, 0.3) is 0 Å². The fourth-order valence-corrected chi connectivity index (χ4v) is 2.02. The third kappa shape index (κ3) is 1.57. The van der Waals surface area contributed by atoms with Gasteiger partial charge < -0.3 is 5.32 Å². The number of fused-ring (bicyclic) bond motifs is 1. The van der Waals surface area contributed by atoms with E-state index in [1.807, 2.05) is 6.92 Å². The summed E-state index contributed by atoms with van der Waals surface area (Å²) in [5, 5.41) is 2.93. The first-order valence-corrected chi connectivity index (χ1v) is 5.34. The van der Waals surface area contributed by atoms with Crippen LogP contribution in [0.5, 0.6) is 0 Å². The van der Waals surface area contributed by atoms with Crippen LogP contribution in [-0.2, 0) is 11.2 Å². The number of benzene rings is 1. The number of aryl methyl sites for hydroxylation is 1. The molecule has 0 radical (unpaired) electrons. The predicted octanol–water partition coefficient (Wildman–Crippen LogP) is 2.48. The van der Waals surface area contributed by atoms with Crippen LogP contribution in [0.25, 0.3) is 0 Å². The summed E-state index contributed by atoms with van der Waals surface area (Å²) in [6, 6.07) is 4.20. The van der Waals surface area contributed by atoms with Crippen molar-refractivity contribution in [2.75, 3.05) is 5.32 Å². The molecule has 1 aromatic rings. The molecule has 1 N–H and O–H groups in total. The molecule has 0 bridgehead atoms. The Hall–Kier alpha value is -0.580. The lowest BCUT2D eigenvalue weighted by Gasteiger charge is -2.19. The van der Waals surface area contributed by atoms with Gasteiger partial charge in [-0.3, -0.25) is 4.79 Å². The van der Waals surface area contributed by atoms with Gasteiger partial charge in [-0.2, -0.15) is 0 Å². The number of halogens is 1. The molecule has 0 aliphatic carbocycles. The Labute approximate surface area is 90.9 Å². The highest BCUT2D eigenvalue weighted by Gasteiger charge is 2.16. The fraction of sp³-hybridized carbons (Fsp3) is 0.300. The molecule has 0 fully saturated rings. The van der Waals surface area contributed by atoms with Crippen LogP contribution in [0.15, 0.2) is 12.1 Å². The summed E-state index contributed by atoms with van der Waals surface area (Å²) < 4.78 is 1.21. The van der Waals surface area contributed by atoms with E-state index in [2.05, 4.69) is 40.0 Å². The maximum absolute atomic E-state index is 11.2. The van der Waals surface area contributed by atoms with E-state index in [9.17, 15) is 4.79 Å². The maximum Gasteiger partial charge on any atom is 0.224 e. The minimum absolute atomic E-state index is 0.137. The molecule has 3 heteroatoms. The molecule has 13 heavy (non-hydrogen) atoms. The maximum atomic E-state index is 11.2. The van der Waals surface area contributed by atoms with Crippen molar-refractivity contribution < 1.29 is 4.79 Å². The number of carbonyl (C=O) groups is 1. The van der Waals surface area contributed by atoms with Crippen molar-refractivity contribution in [2.24, 2.45) is 0 Å². The zero-order valence-electron chi connectivity index (χ0n) is 7.36. The van der Waals surface area contributed by atoms with Crippen molar-refractivity contribution in [2.45, 2.75) is 19.8 Å². The van der Waals surface area contributed by atoms with Crippen LogP contribution in [0.4, 0.5) is 5.69 Å². The largest absolute Gasteiger partial charge is 0.326 e. The van der Waals surface area contributed by atoms with Crippen LogP contribution < -0.4 is 5.32 Å². The Morgan fingerprint density at radius 2 is 2.15 bits per heavy atom. The number of nitrogens with one attached hydrogen (secondary N) is 1. The number of amides is 1. The quantitative estimate of drug-likeness (QED) is 0.730. The molecule has 0 spiro atoms. The van der Waals surface area contributed by atoms with Crippen molar-refractivity contribution in [3.05, 3.63) is 26.8 Å². The Kier molecular flexibility index (Phi) is 2.27. The Morgan fingerprint density at radius 1 is 1.38 bits per heavy atom. The summed E-state index contributed by atoms with van der Waals surface area (Å²) in [6.45, 7) is 2.05. The summed E-state index contributed by atoms with van der Waals surface area (Å²) in [7, 11) is 0. The summed E-state index contributed by atoms with van der Waals surface area (Å²) in [6.07, 6.45) is 1.49. The van der Waals surface area contributed by atoms with Crippen LogP contribution in [-0.4, -0.2) is 5.91 Å². The molecule has 0 unspecified atom stereocenters. The number of hydrogen-bond acceptors (Lipinski definition) is 1. The molecule has 1 aliphatic heterocycles. The second-order valence-electron chi connectivity index (χ2n) is 3.25. The van der Waals surface area contributed by atoms with Gasteiger partial charge in [0.05, 0.1) is 0 Å². The highest BCUT2D eigenvalue weighted by Crippen LogP contribution is 2.29. The first-order valence-electron chi connectivity index (χ1n) is 4.26. The van der Waals surface area contributed by atoms with Crippen LogP contribution >= 0.6 is 22.6 Å². The van der Waals surface area contributed by atoms with E-state index in [-0.39, 0.29) is 5.91 Å². The van der Waals surface area contributed by atoms with Gasteiger partial charge in [0.1, 0.15) is 0 Å². The zero-order chi connectivity index (χ0) is 9.42. The average Bonchev–Trinajstić information content (AvgIpc) is 2.12. The molecule has 1 aliphatic rings. The first-order chi connectivity index (χ1) is 6.18. The minimum atomic E-state index is 0.137. The van der Waals surface area contributed by atoms with E-state index < -0.39 is 0 Å². The number of hydrogen-bond donors (Lipinski definition) is 1. The van der Waals surface area contributed by atoms with Crippen LogP contribution in [0, 0.1) is 10.5 Å². The number of carbonyl (C=O) groups excluding carboxylic acids is 1. The van der Waals surface area contributed by atoms with Crippen LogP contribution in [0.2, 0.25) is 0 Å². The summed E-state index contributed by atoms with van der Waals surface area (Å²) in [4.78, 5) is 11.2. The van der Waals surface area contributed by atoms with Crippen molar-refractivity contribution in [3.8, 4) is 0 Å². The van der Waals surface area contributed by atoms with Gasteiger partial charge in [0, 0.05) is 15.7 Å². The third-order valence-electron chi connectivity index (χ3n) is 2.37. The minimum Gasteiger partial charge on any atom is -0.326 e. The van der Waals surface area contributed by atoms with Gasteiger partial charge in [-0.15, -0.1) is 0 Å². The van der Waals surface area contributed by atoms with Crippen molar-refractivity contribution in [1.29, 1.82) is 0 Å². The van der Waals surface area contributed by atoms with Gasteiger partial charge in [0.15, 0.2) is 0 Å². The summed E-state index contributed by atoms with van der Waals surface area (Å²) >= 11 is 2.29. The summed E-state index contributed by atoms with van der Waals surface area (Å²) in [5.41, 5.74) is 3.48. The summed E-state index contributed by atoms with van der Waals surface area (Å²) in [5.74, 6) is 0.137. The highest BCUT2D eigenvalue weighted by atomic mass is 127. The monoisotopic (exact) mass is 287 g/mol. The first kappa shape index (κ1) is 8.99. The van der Waals surface area contributed by atoms with Gasteiger partial charge >= 0.3 is 0 Å². The highest BCUT2D eigenvalue weighted by molar-refractivity contribution is 14.1. The normalized spacial score (nSPS) is 15.1. The van der Waals surface area contributed by atoms with Gasteiger partial charge in [-0.1, -0.05) is 6.07 Å². The molecule has 1 heterocycles. The van der Waals surface area contributed by atoms with E-state index >= 15 is 0 Å². The molecule has 0 aromatic heterocycles. The molecule has 2 rings (SSSR count). The lowest BCUT2D eigenvalue weighted by Crippen LogP contribution is -2.20. The molecule has 68 valence electrons. The third-order valence-corrected chi connectivity index (χ3v) is 3.54. The van der Waals surface area contributed by atoms with Gasteiger partial charge in [-0.05, 0) is 53.1 Å². The molecule has 0 saturated heterocycles. The Morgan fingerprint density at radius 3 is 2.92 bits per heavy atom. The molecule has 1 amide bonds. The molecule has 1 aromatic carbocycles. The van der Waals surface area contributed by atoms with E-state index in [1.54, 1.807) is 0 Å². The second kappa shape index (κ2) is 3.29. The lowest BCUT2D eigenvalue weighted by atomic mass is 10.00. The van der Waals surface area contributed by atoms with E-state index in [1.165, 1.54) is 14.7 Å². The topological polar surface area (TPSA) is 29.1 Å². The van der Waals surface area contributed by atoms with Crippen LogP contribution in [0.3, 0.4) is 0 Å². The number of rotatable bonds is 0. The SMILES string of the molecule is Cc1c(I)ccc2c1NC(=O)CC2. The van der Waals surface area contributed by atoms with E-state index in [0.717, 1.165) is 12.1 Å². The molecule has 0 atom stereocenters. The van der Waals surface area contributed by atoms with Gasteiger partial charge in [-0.25, -0.2) is 0 Å². The van der Waals surface area contributed by atoms with Crippen molar-refractivity contribution in [1.82, 2.24) is 0 Å². The standard InChI is InChI=1S/C10H10INO/c1-6-8(11)4-2-7-3-5-9(13)12-10(6)7/h2,4H,3,5H2,1H3,(H,12,13). The average molecular weight is 287 g/mol. The molecular formula is C10H10INO. The lowest BCUT2D eigenvalue weighted by molar-refractivity contribution is -0.116. The Balaban J connectivity index is 2.54. The van der Waals surface area contributed by atoms with E-state index in [4.69, 9.17) is 0 Å². The van der Waals surface area contributed by atoms with Crippen LogP contribution in [0.1, 0.15) is 17.5 Å². The molecular weight excluding hydrogens is 277 g/mol. The van der Waals surface area contributed by atoms with Crippen molar-refractivity contribution in [3.63, 3.8) is 0 Å².